The van der Waals surface area contributed by atoms with Crippen LogP contribution in [0.3, 0.4) is 0 Å². The summed E-state index contributed by atoms with van der Waals surface area (Å²) in [5.41, 5.74) is 0. The third-order valence-corrected chi connectivity index (χ3v) is 17.6. The Kier molecular flexibility index (Phi) is 55.7. The van der Waals surface area contributed by atoms with E-state index < -0.39 is 97.5 Å². The highest BCUT2D eigenvalue weighted by Gasteiger charge is 2.30. The molecule has 3 N–H and O–H groups in total. The molecule has 0 amide bonds. The Labute approximate surface area is 524 Å². The van der Waals surface area contributed by atoms with Gasteiger partial charge in [0, 0.05) is 25.7 Å². The van der Waals surface area contributed by atoms with Gasteiger partial charge in [-0.1, -0.05) is 274 Å². The number of carbonyl (C=O) groups excluding carboxylic acids is 4. The van der Waals surface area contributed by atoms with Gasteiger partial charge in [0.25, 0.3) is 0 Å². The van der Waals surface area contributed by atoms with Gasteiger partial charge in [-0.2, -0.15) is 0 Å². The minimum atomic E-state index is -4.95. The fourth-order valence-electron chi connectivity index (χ4n) is 9.93. The van der Waals surface area contributed by atoms with E-state index in [9.17, 15) is 43.2 Å². The highest BCUT2D eigenvalue weighted by molar-refractivity contribution is 7.47. The molecule has 19 heteroatoms. The molecule has 0 aromatic carbocycles. The molecule has 0 spiro atoms. The zero-order valence-electron chi connectivity index (χ0n) is 55.9. The zero-order chi connectivity index (χ0) is 63.9. The van der Waals surface area contributed by atoms with E-state index in [1.807, 2.05) is 0 Å². The molecule has 0 aliphatic heterocycles. The van der Waals surface area contributed by atoms with E-state index in [0.717, 1.165) is 115 Å². The van der Waals surface area contributed by atoms with Crippen LogP contribution in [0.2, 0.25) is 0 Å². The van der Waals surface area contributed by atoms with Crippen LogP contribution in [0, 0.1) is 23.7 Å². The van der Waals surface area contributed by atoms with Crippen molar-refractivity contribution < 1.29 is 80.2 Å². The van der Waals surface area contributed by atoms with Gasteiger partial charge in [0.1, 0.15) is 19.3 Å². The summed E-state index contributed by atoms with van der Waals surface area (Å²) in [6.45, 7) is 13.9. The van der Waals surface area contributed by atoms with Gasteiger partial charge in [-0.05, 0) is 49.4 Å². The second kappa shape index (κ2) is 57.0. The number of hydrogen-bond acceptors (Lipinski definition) is 15. The molecule has 0 fully saturated rings. The number of aliphatic hydroxyl groups is 1. The van der Waals surface area contributed by atoms with Crippen LogP contribution in [0.1, 0.15) is 325 Å². The normalized spacial score (nSPS) is 14.7. The monoisotopic (exact) mass is 1270 g/mol. The summed E-state index contributed by atoms with van der Waals surface area (Å²) < 4.78 is 68.0. The van der Waals surface area contributed by atoms with Gasteiger partial charge < -0.3 is 33.8 Å². The first-order valence-electron chi connectivity index (χ1n) is 34.7. The highest BCUT2D eigenvalue weighted by Crippen LogP contribution is 2.45. The van der Waals surface area contributed by atoms with Crippen molar-refractivity contribution in [3.05, 3.63) is 0 Å². The molecule has 86 heavy (non-hydrogen) atoms. The molecule has 0 heterocycles. The maximum absolute atomic E-state index is 13.0. The Morgan fingerprint density at radius 1 is 0.326 bits per heavy atom. The van der Waals surface area contributed by atoms with Crippen LogP contribution in [0.5, 0.6) is 0 Å². The maximum Gasteiger partial charge on any atom is 0.472 e. The number of phosphoric acid groups is 2. The number of ether oxygens (including phenoxy) is 4. The van der Waals surface area contributed by atoms with E-state index >= 15 is 0 Å². The van der Waals surface area contributed by atoms with Gasteiger partial charge in [-0.15, -0.1) is 0 Å². The van der Waals surface area contributed by atoms with E-state index in [-0.39, 0.29) is 25.7 Å². The molecule has 0 aliphatic rings. The molecule has 0 aromatic rings. The van der Waals surface area contributed by atoms with Crippen molar-refractivity contribution in [3.63, 3.8) is 0 Å². The van der Waals surface area contributed by atoms with Crippen LogP contribution in [0.15, 0.2) is 0 Å². The lowest BCUT2D eigenvalue weighted by molar-refractivity contribution is -0.161. The Bertz CT molecular complexity index is 1720. The van der Waals surface area contributed by atoms with Gasteiger partial charge in [0.2, 0.25) is 0 Å². The summed E-state index contributed by atoms with van der Waals surface area (Å²) in [5.74, 6) is 0.741. The quantitative estimate of drug-likeness (QED) is 0.0222. The predicted octanol–water partition coefficient (Wildman–Crippen LogP) is 18.5. The van der Waals surface area contributed by atoms with Crippen LogP contribution >= 0.6 is 15.6 Å². The van der Waals surface area contributed by atoms with Crippen LogP contribution in [0.4, 0.5) is 0 Å². The Morgan fingerprint density at radius 2 is 0.558 bits per heavy atom. The van der Waals surface area contributed by atoms with Crippen LogP contribution in [-0.4, -0.2) is 96.7 Å². The molecule has 0 saturated heterocycles. The van der Waals surface area contributed by atoms with Crippen LogP contribution < -0.4 is 0 Å². The summed E-state index contributed by atoms with van der Waals surface area (Å²) in [6.07, 6.45) is 38.0. The van der Waals surface area contributed by atoms with Crippen LogP contribution in [-0.2, 0) is 65.4 Å². The largest absolute Gasteiger partial charge is 0.472 e. The van der Waals surface area contributed by atoms with E-state index in [4.69, 9.17) is 37.0 Å². The van der Waals surface area contributed by atoms with E-state index in [2.05, 4.69) is 55.4 Å². The van der Waals surface area contributed by atoms with Crippen molar-refractivity contribution >= 4 is 39.5 Å². The topological polar surface area (TPSA) is 237 Å². The molecule has 6 atom stereocenters. The molecule has 0 aliphatic carbocycles. The van der Waals surface area contributed by atoms with Crippen molar-refractivity contribution in [2.75, 3.05) is 39.6 Å². The van der Waals surface area contributed by atoms with Crippen molar-refractivity contribution in [2.24, 2.45) is 23.7 Å². The first-order valence-corrected chi connectivity index (χ1v) is 37.7. The lowest BCUT2D eigenvalue weighted by atomic mass is 10.00. The fourth-order valence-corrected chi connectivity index (χ4v) is 11.5. The van der Waals surface area contributed by atoms with Gasteiger partial charge in [0.05, 0.1) is 26.4 Å². The molecule has 0 saturated carbocycles. The van der Waals surface area contributed by atoms with E-state index in [1.165, 1.54) is 116 Å². The lowest BCUT2D eigenvalue weighted by Gasteiger charge is -2.21. The Balaban J connectivity index is 5.19. The number of hydrogen-bond donors (Lipinski definition) is 3. The molecule has 4 unspecified atom stereocenters. The highest BCUT2D eigenvalue weighted by atomic mass is 31.2. The Morgan fingerprint density at radius 3 is 0.826 bits per heavy atom. The second-order valence-corrected chi connectivity index (χ2v) is 28.8. The van der Waals surface area contributed by atoms with Gasteiger partial charge in [-0.25, -0.2) is 9.13 Å². The number of aliphatic hydroxyl groups excluding tert-OH is 1. The summed E-state index contributed by atoms with van der Waals surface area (Å²) in [4.78, 5) is 72.3. The molecule has 0 aromatic heterocycles. The average molecular weight is 1270 g/mol. The van der Waals surface area contributed by atoms with Gasteiger partial charge >= 0.3 is 39.5 Å². The third kappa shape index (κ3) is 59.7. The second-order valence-electron chi connectivity index (χ2n) is 25.9. The molecule has 0 rings (SSSR count). The number of esters is 4. The summed E-state index contributed by atoms with van der Waals surface area (Å²) in [5, 5.41) is 10.5. The fraction of sp³-hybridized carbons (Fsp3) is 0.940. The number of unbranched alkanes of at least 4 members (excludes halogenated alkanes) is 29. The standard InChI is InChI=1S/C67H130O17P2/c1-9-60(8)46-38-30-23-26-34-42-50-67(72)84-63(54-78-65(70)48-40-32-25-22-29-37-45-59(6)7)56-82-86(75,76)80-52-61(68)51-79-85(73,74)81-55-62(53-77-64(69)47-39-31-24-21-28-36-44-58(4)5)83-66(71)49-41-33-20-18-16-14-12-10-11-13-15-17-19-27-35-43-57(2)3/h57-63,68H,9-56H2,1-8H3,(H,73,74)(H,75,76)/t60?,61?,62-,63-/m1/s1. The predicted molar refractivity (Wildman–Crippen MR) is 344 cm³/mol. The summed E-state index contributed by atoms with van der Waals surface area (Å²) >= 11 is 0. The van der Waals surface area contributed by atoms with E-state index in [0.29, 0.717) is 37.5 Å². The van der Waals surface area contributed by atoms with Gasteiger partial charge in [0.15, 0.2) is 12.2 Å². The minimum Gasteiger partial charge on any atom is -0.462 e. The average Bonchev–Trinajstić information content (AvgIpc) is 3.67. The Hall–Kier alpha value is -1.94. The molecular weight excluding hydrogens is 1140 g/mol. The van der Waals surface area contributed by atoms with Crippen molar-refractivity contribution in [1.29, 1.82) is 0 Å². The molecular formula is C67H130O17P2. The molecule has 510 valence electrons. The van der Waals surface area contributed by atoms with Crippen LogP contribution in [0.25, 0.3) is 0 Å². The first kappa shape index (κ1) is 84.1. The number of carbonyl (C=O) groups is 4. The van der Waals surface area contributed by atoms with Crippen molar-refractivity contribution in [1.82, 2.24) is 0 Å². The summed E-state index contributed by atoms with van der Waals surface area (Å²) in [7, 11) is -9.89. The first-order chi connectivity index (χ1) is 41.1. The molecule has 0 bridgehead atoms. The maximum atomic E-state index is 13.0. The molecule has 17 nitrogen and oxygen atoms in total. The lowest BCUT2D eigenvalue weighted by Crippen LogP contribution is -2.30. The zero-order valence-corrected chi connectivity index (χ0v) is 57.7. The minimum absolute atomic E-state index is 0.101. The number of rotatable bonds is 64. The SMILES string of the molecule is CCC(C)CCCCCCCCC(=O)O[C@H](COC(=O)CCCCCCCCC(C)C)COP(=O)(O)OCC(O)COP(=O)(O)OC[C@@H](COC(=O)CCCCCCCCC(C)C)OC(=O)CCCCCCCCCCCCCCCCCC(C)C. The van der Waals surface area contributed by atoms with Gasteiger partial charge in [-0.3, -0.25) is 37.3 Å². The van der Waals surface area contributed by atoms with Crippen molar-refractivity contribution in [2.45, 2.75) is 343 Å². The smallest absolute Gasteiger partial charge is 0.462 e. The van der Waals surface area contributed by atoms with Crippen molar-refractivity contribution in [3.8, 4) is 0 Å². The number of phosphoric ester groups is 2. The molecule has 0 radical (unpaired) electrons. The third-order valence-electron chi connectivity index (χ3n) is 15.7. The van der Waals surface area contributed by atoms with E-state index in [1.54, 1.807) is 0 Å². The summed E-state index contributed by atoms with van der Waals surface area (Å²) in [6, 6.07) is 0.